The maximum atomic E-state index is 6.44. The van der Waals surface area contributed by atoms with Gasteiger partial charge in [0.25, 0.3) is 0 Å². The minimum atomic E-state index is -0.0437. The molecular formula is C14H25Cl. The normalized spacial score (nSPS) is 11.1. The fraction of sp³-hybridized carbons (Fsp3) is 0.714. The zero-order valence-electron chi connectivity index (χ0n) is 10.9. The Labute approximate surface area is 100 Å². The van der Waals surface area contributed by atoms with Crippen molar-refractivity contribution in [2.45, 2.75) is 65.2 Å². The van der Waals surface area contributed by atoms with Gasteiger partial charge in [0.1, 0.15) is 0 Å². The van der Waals surface area contributed by atoms with E-state index < -0.39 is 0 Å². The molecule has 15 heavy (non-hydrogen) atoms. The lowest BCUT2D eigenvalue weighted by molar-refractivity contribution is 0.540. The highest BCUT2D eigenvalue weighted by molar-refractivity contribution is 6.23. The molecule has 0 aromatic heterocycles. The molecule has 0 nitrogen and oxygen atoms in total. The van der Waals surface area contributed by atoms with E-state index in [1.807, 2.05) is 0 Å². The molecule has 0 saturated carbocycles. The van der Waals surface area contributed by atoms with Crippen molar-refractivity contribution in [2.24, 2.45) is 0 Å². The van der Waals surface area contributed by atoms with Crippen molar-refractivity contribution in [1.29, 1.82) is 0 Å². The van der Waals surface area contributed by atoms with Crippen molar-refractivity contribution in [3.05, 3.63) is 23.3 Å². The summed E-state index contributed by atoms with van der Waals surface area (Å²) in [5.74, 6) is 0. The SMILES string of the molecule is CC(C)=CCCC(C)(Cl)CCC=C(C)C. The standard InChI is InChI=1S/C14H25Cl/c1-12(2)8-6-10-14(5,15)11-7-9-13(3)4/h8-9H,6-7,10-11H2,1-5H3. The van der Waals surface area contributed by atoms with Crippen LogP contribution >= 0.6 is 11.6 Å². The molecule has 88 valence electrons. The molecule has 0 radical (unpaired) electrons. The molecule has 0 heterocycles. The van der Waals surface area contributed by atoms with Crippen LogP contribution in [0.4, 0.5) is 0 Å². The highest BCUT2D eigenvalue weighted by atomic mass is 35.5. The predicted molar refractivity (Wildman–Crippen MR) is 71.6 cm³/mol. The molecule has 0 fully saturated rings. The summed E-state index contributed by atoms with van der Waals surface area (Å²) in [4.78, 5) is -0.0437. The molecule has 0 amide bonds. The molecule has 0 aromatic rings. The monoisotopic (exact) mass is 228 g/mol. The summed E-state index contributed by atoms with van der Waals surface area (Å²) in [6.45, 7) is 10.7. The van der Waals surface area contributed by atoms with Crippen LogP contribution in [0.25, 0.3) is 0 Å². The van der Waals surface area contributed by atoms with Crippen LogP contribution in [0.3, 0.4) is 0 Å². The van der Waals surface area contributed by atoms with Gasteiger partial charge in [0, 0.05) is 4.87 Å². The molecule has 0 aliphatic heterocycles. The maximum absolute atomic E-state index is 6.44. The first kappa shape index (κ1) is 14.8. The Kier molecular flexibility index (Phi) is 7.00. The van der Waals surface area contributed by atoms with Gasteiger partial charge in [-0.05, 0) is 60.3 Å². The predicted octanol–water partition coefficient (Wildman–Crippen LogP) is 5.48. The number of halogens is 1. The topological polar surface area (TPSA) is 0 Å². The van der Waals surface area contributed by atoms with Crippen molar-refractivity contribution in [2.75, 3.05) is 0 Å². The molecule has 0 atom stereocenters. The fourth-order valence-corrected chi connectivity index (χ4v) is 1.67. The second-order valence-electron chi connectivity index (χ2n) is 5.05. The van der Waals surface area contributed by atoms with Crippen LogP contribution in [-0.2, 0) is 0 Å². The summed E-state index contributed by atoms with van der Waals surface area (Å²) in [7, 11) is 0. The van der Waals surface area contributed by atoms with Crippen LogP contribution in [0.1, 0.15) is 60.3 Å². The molecule has 0 saturated heterocycles. The zero-order valence-corrected chi connectivity index (χ0v) is 11.6. The van der Waals surface area contributed by atoms with Gasteiger partial charge in [0.2, 0.25) is 0 Å². The molecule has 0 unspecified atom stereocenters. The second-order valence-corrected chi connectivity index (χ2v) is 5.97. The molecule has 1 heteroatoms. The zero-order chi connectivity index (χ0) is 11.9. The van der Waals surface area contributed by atoms with Gasteiger partial charge in [-0.25, -0.2) is 0 Å². The first-order valence-corrected chi connectivity index (χ1v) is 6.17. The van der Waals surface area contributed by atoms with Gasteiger partial charge in [-0.1, -0.05) is 23.3 Å². The molecule has 0 rings (SSSR count). The molecule has 0 aromatic carbocycles. The van der Waals surface area contributed by atoms with E-state index in [1.54, 1.807) is 0 Å². The summed E-state index contributed by atoms with van der Waals surface area (Å²) in [5, 5.41) is 0. The number of allylic oxidation sites excluding steroid dienone is 4. The van der Waals surface area contributed by atoms with Crippen molar-refractivity contribution in [3.63, 3.8) is 0 Å². The van der Waals surface area contributed by atoms with Crippen LogP contribution in [-0.4, -0.2) is 4.87 Å². The third kappa shape index (κ3) is 10.1. The number of alkyl halides is 1. The Morgan fingerprint density at radius 1 is 0.933 bits per heavy atom. The van der Waals surface area contributed by atoms with Crippen LogP contribution in [0, 0.1) is 0 Å². The molecular weight excluding hydrogens is 204 g/mol. The van der Waals surface area contributed by atoms with E-state index in [9.17, 15) is 0 Å². The molecule has 0 aliphatic carbocycles. The quantitative estimate of drug-likeness (QED) is 0.417. The van der Waals surface area contributed by atoms with Crippen LogP contribution in [0.2, 0.25) is 0 Å². The number of hydrogen-bond acceptors (Lipinski definition) is 0. The Hall–Kier alpha value is -0.230. The summed E-state index contributed by atoms with van der Waals surface area (Å²) in [5.41, 5.74) is 2.76. The minimum Gasteiger partial charge on any atom is -0.120 e. The van der Waals surface area contributed by atoms with E-state index in [-0.39, 0.29) is 4.87 Å². The molecule has 0 N–H and O–H groups in total. The van der Waals surface area contributed by atoms with E-state index in [2.05, 4.69) is 46.8 Å². The summed E-state index contributed by atoms with van der Waals surface area (Å²) in [6, 6.07) is 0. The van der Waals surface area contributed by atoms with Crippen LogP contribution in [0.15, 0.2) is 23.3 Å². The largest absolute Gasteiger partial charge is 0.120 e. The first-order chi connectivity index (χ1) is 6.83. The minimum absolute atomic E-state index is 0.0437. The van der Waals surface area contributed by atoms with Crippen LogP contribution in [0.5, 0.6) is 0 Å². The highest BCUT2D eigenvalue weighted by Gasteiger charge is 2.18. The van der Waals surface area contributed by atoms with E-state index in [0.29, 0.717) is 0 Å². The lowest BCUT2D eigenvalue weighted by Gasteiger charge is -2.20. The Morgan fingerprint density at radius 2 is 1.27 bits per heavy atom. The summed E-state index contributed by atoms with van der Waals surface area (Å²) < 4.78 is 0. The number of hydrogen-bond donors (Lipinski definition) is 0. The molecule has 0 aliphatic rings. The lowest BCUT2D eigenvalue weighted by Crippen LogP contribution is -2.15. The van der Waals surface area contributed by atoms with Crippen molar-refractivity contribution < 1.29 is 0 Å². The summed E-state index contributed by atoms with van der Waals surface area (Å²) in [6.07, 6.45) is 8.85. The van der Waals surface area contributed by atoms with E-state index in [4.69, 9.17) is 11.6 Å². The van der Waals surface area contributed by atoms with Crippen molar-refractivity contribution >= 4 is 11.6 Å². The smallest absolute Gasteiger partial charge is 0.0424 e. The van der Waals surface area contributed by atoms with Crippen LogP contribution < -0.4 is 0 Å². The van der Waals surface area contributed by atoms with Gasteiger partial charge in [0.15, 0.2) is 0 Å². The molecule has 0 bridgehead atoms. The van der Waals surface area contributed by atoms with Gasteiger partial charge in [0.05, 0.1) is 0 Å². The fourth-order valence-electron chi connectivity index (χ4n) is 1.45. The average molecular weight is 229 g/mol. The Balaban J connectivity index is 3.86. The van der Waals surface area contributed by atoms with Gasteiger partial charge in [-0.15, -0.1) is 11.6 Å². The van der Waals surface area contributed by atoms with Gasteiger partial charge < -0.3 is 0 Å². The van der Waals surface area contributed by atoms with Crippen molar-refractivity contribution in [3.8, 4) is 0 Å². The average Bonchev–Trinajstić information content (AvgIpc) is 2.01. The van der Waals surface area contributed by atoms with E-state index >= 15 is 0 Å². The highest BCUT2D eigenvalue weighted by Crippen LogP contribution is 2.27. The Bertz CT molecular complexity index is 202. The van der Waals surface area contributed by atoms with E-state index in [0.717, 1.165) is 25.7 Å². The van der Waals surface area contributed by atoms with Gasteiger partial charge in [-0.3, -0.25) is 0 Å². The summed E-state index contributed by atoms with van der Waals surface area (Å²) >= 11 is 6.44. The third-order valence-electron chi connectivity index (χ3n) is 2.44. The Morgan fingerprint density at radius 3 is 1.53 bits per heavy atom. The number of rotatable bonds is 6. The van der Waals surface area contributed by atoms with Crippen molar-refractivity contribution in [1.82, 2.24) is 0 Å². The van der Waals surface area contributed by atoms with Gasteiger partial charge >= 0.3 is 0 Å². The third-order valence-corrected chi connectivity index (χ3v) is 2.81. The first-order valence-electron chi connectivity index (χ1n) is 5.79. The maximum Gasteiger partial charge on any atom is 0.0424 e. The lowest BCUT2D eigenvalue weighted by atomic mass is 9.97. The van der Waals surface area contributed by atoms with E-state index in [1.165, 1.54) is 11.1 Å². The van der Waals surface area contributed by atoms with Gasteiger partial charge in [-0.2, -0.15) is 0 Å². The molecule has 0 spiro atoms. The second kappa shape index (κ2) is 7.11.